The summed E-state index contributed by atoms with van der Waals surface area (Å²) in [6.07, 6.45) is 1.21. The van der Waals surface area contributed by atoms with E-state index in [9.17, 15) is 14.0 Å². The van der Waals surface area contributed by atoms with Crippen molar-refractivity contribution in [3.8, 4) is 0 Å². The first-order valence-electron chi connectivity index (χ1n) is 5.33. The molecule has 0 atom stereocenters. The molecule has 4 nitrogen and oxygen atoms in total. The van der Waals surface area contributed by atoms with Crippen LogP contribution in [-0.4, -0.2) is 21.8 Å². The monoisotopic (exact) mass is 281 g/mol. The smallest absolute Gasteiger partial charge is 0.352 e. The molecule has 0 saturated heterocycles. The predicted molar refractivity (Wildman–Crippen MR) is 67.3 cm³/mol. The van der Waals surface area contributed by atoms with Gasteiger partial charge in [-0.1, -0.05) is 17.7 Å². The van der Waals surface area contributed by atoms with Gasteiger partial charge in [0.15, 0.2) is 5.78 Å². The number of benzene rings is 1. The molecule has 6 heteroatoms. The van der Waals surface area contributed by atoms with Crippen LogP contribution in [0.25, 0.3) is 0 Å². The Morgan fingerprint density at radius 2 is 2.05 bits per heavy atom. The fourth-order valence-corrected chi connectivity index (χ4v) is 1.89. The van der Waals surface area contributed by atoms with Gasteiger partial charge in [-0.05, 0) is 24.6 Å². The number of aromatic carboxylic acids is 1. The number of carboxylic acids is 1. The molecule has 2 rings (SSSR count). The van der Waals surface area contributed by atoms with Crippen molar-refractivity contribution in [1.82, 2.24) is 4.98 Å². The SMILES string of the molecule is Cc1ccc(Cl)c(C(=O)c2c[nH]c(C(=O)O)c2)c1F. The second-order valence-electron chi connectivity index (χ2n) is 3.99. The average molecular weight is 282 g/mol. The van der Waals surface area contributed by atoms with E-state index in [-0.39, 0.29) is 21.8 Å². The zero-order valence-electron chi connectivity index (χ0n) is 9.83. The maximum Gasteiger partial charge on any atom is 0.352 e. The fourth-order valence-electron chi connectivity index (χ4n) is 1.66. The number of carbonyl (C=O) groups excluding carboxylic acids is 1. The standard InChI is InChI=1S/C13H9ClFNO3/c1-6-2-3-8(14)10(11(6)15)12(17)7-4-9(13(18)19)16-5-7/h2-5,16H,1H3,(H,18,19). The van der Waals surface area contributed by atoms with Gasteiger partial charge >= 0.3 is 5.97 Å². The molecule has 0 bridgehead atoms. The normalized spacial score (nSPS) is 10.5. The van der Waals surface area contributed by atoms with E-state index in [1.165, 1.54) is 25.3 Å². The minimum Gasteiger partial charge on any atom is -0.477 e. The van der Waals surface area contributed by atoms with Crippen LogP contribution in [0.15, 0.2) is 24.4 Å². The molecule has 0 spiro atoms. The number of hydrogen-bond donors (Lipinski definition) is 2. The Labute approximate surface area is 112 Å². The summed E-state index contributed by atoms with van der Waals surface area (Å²) in [6.45, 7) is 1.52. The van der Waals surface area contributed by atoms with Crippen molar-refractivity contribution in [2.24, 2.45) is 0 Å². The lowest BCUT2D eigenvalue weighted by atomic mass is 10.0. The lowest BCUT2D eigenvalue weighted by Gasteiger charge is -2.05. The summed E-state index contributed by atoms with van der Waals surface area (Å²) in [5.41, 5.74) is -0.0596. The van der Waals surface area contributed by atoms with Crippen LogP contribution in [0.4, 0.5) is 4.39 Å². The highest BCUT2D eigenvalue weighted by molar-refractivity contribution is 6.35. The number of ketones is 1. The van der Waals surface area contributed by atoms with Crippen LogP contribution in [0.3, 0.4) is 0 Å². The third kappa shape index (κ3) is 2.37. The van der Waals surface area contributed by atoms with E-state index in [1.807, 2.05) is 0 Å². The minimum absolute atomic E-state index is 0.00817. The molecular weight excluding hydrogens is 273 g/mol. The molecule has 98 valence electrons. The summed E-state index contributed by atoms with van der Waals surface area (Å²) in [6, 6.07) is 4.04. The van der Waals surface area contributed by atoms with E-state index in [4.69, 9.17) is 16.7 Å². The quantitative estimate of drug-likeness (QED) is 0.850. The second kappa shape index (κ2) is 4.85. The molecule has 0 unspecified atom stereocenters. The third-order valence-corrected chi connectivity index (χ3v) is 3.00. The van der Waals surface area contributed by atoms with E-state index in [0.29, 0.717) is 5.56 Å². The molecule has 0 aliphatic heterocycles. The van der Waals surface area contributed by atoms with Gasteiger partial charge in [-0.15, -0.1) is 0 Å². The highest BCUT2D eigenvalue weighted by Gasteiger charge is 2.21. The predicted octanol–water partition coefficient (Wildman–Crippen LogP) is 3.04. The zero-order valence-corrected chi connectivity index (χ0v) is 10.6. The number of halogens is 2. The van der Waals surface area contributed by atoms with E-state index in [0.717, 1.165) is 6.07 Å². The van der Waals surface area contributed by atoms with E-state index in [2.05, 4.69) is 4.98 Å². The van der Waals surface area contributed by atoms with E-state index < -0.39 is 17.6 Å². The largest absolute Gasteiger partial charge is 0.477 e. The molecule has 2 N–H and O–H groups in total. The van der Waals surface area contributed by atoms with Gasteiger partial charge < -0.3 is 10.1 Å². The number of hydrogen-bond acceptors (Lipinski definition) is 2. The van der Waals surface area contributed by atoms with Crippen molar-refractivity contribution in [1.29, 1.82) is 0 Å². The Hall–Kier alpha value is -2.14. The van der Waals surface area contributed by atoms with Crippen LogP contribution in [0.2, 0.25) is 5.02 Å². The number of rotatable bonds is 3. The molecular formula is C13H9ClFNO3. The third-order valence-electron chi connectivity index (χ3n) is 2.69. The Kier molecular flexibility index (Phi) is 3.40. The second-order valence-corrected chi connectivity index (χ2v) is 4.40. The number of aromatic amines is 1. The molecule has 0 amide bonds. The molecule has 19 heavy (non-hydrogen) atoms. The van der Waals surface area contributed by atoms with Gasteiger partial charge in [-0.25, -0.2) is 9.18 Å². The van der Waals surface area contributed by atoms with Gasteiger partial charge in [0.05, 0.1) is 10.6 Å². The molecule has 1 aromatic carbocycles. The van der Waals surface area contributed by atoms with Crippen molar-refractivity contribution in [3.05, 3.63) is 57.6 Å². The van der Waals surface area contributed by atoms with Crippen molar-refractivity contribution in [2.45, 2.75) is 6.92 Å². The van der Waals surface area contributed by atoms with Gasteiger partial charge in [0, 0.05) is 11.8 Å². The van der Waals surface area contributed by atoms with Crippen LogP contribution in [0, 0.1) is 12.7 Å². The minimum atomic E-state index is -1.20. The molecule has 0 saturated carbocycles. The summed E-state index contributed by atoms with van der Waals surface area (Å²) in [7, 11) is 0. The van der Waals surface area contributed by atoms with Crippen LogP contribution < -0.4 is 0 Å². The Balaban J connectivity index is 2.50. The van der Waals surface area contributed by atoms with Crippen LogP contribution >= 0.6 is 11.6 Å². The van der Waals surface area contributed by atoms with Gasteiger partial charge in [-0.3, -0.25) is 4.79 Å². The van der Waals surface area contributed by atoms with Crippen molar-refractivity contribution in [2.75, 3.05) is 0 Å². The number of carboxylic acid groups (broad SMARTS) is 1. The number of carbonyl (C=O) groups is 2. The molecule has 0 fully saturated rings. The Morgan fingerprint density at radius 3 is 2.63 bits per heavy atom. The summed E-state index contributed by atoms with van der Waals surface area (Å²) in [4.78, 5) is 25.3. The summed E-state index contributed by atoms with van der Waals surface area (Å²) in [5.74, 6) is -2.56. The van der Waals surface area contributed by atoms with E-state index in [1.54, 1.807) is 0 Å². The number of aryl methyl sites for hydroxylation is 1. The van der Waals surface area contributed by atoms with Crippen molar-refractivity contribution in [3.63, 3.8) is 0 Å². The molecule has 2 aromatic rings. The molecule has 0 radical (unpaired) electrons. The summed E-state index contributed by atoms with van der Waals surface area (Å²) >= 11 is 5.83. The number of aromatic nitrogens is 1. The first kappa shape index (κ1) is 13.3. The van der Waals surface area contributed by atoms with Crippen LogP contribution in [0.1, 0.15) is 32.0 Å². The maximum atomic E-state index is 13.9. The Morgan fingerprint density at radius 1 is 1.37 bits per heavy atom. The first-order valence-corrected chi connectivity index (χ1v) is 5.70. The number of nitrogens with one attached hydrogen (secondary N) is 1. The van der Waals surface area contributed by atoms with Gasteiger partial charge in [0.2, 0.25) is 0 Å². The fraction of sp³-hybridized carbons (Fsp3) is 0.0769. The van der Waals surface area contributed by atoms with Gasteiger partial charge in [0.1, 0.15) is 11.5 Å². The van der Waals surface area contributed by atoms with E-state index >= 15 is 0 Å². The molecule has 1 aromatic heterocycles. The van der Waals surface area contributed by atoms with Crippen molar-refractivity contribution >= 4 is 23.4 Å². The topological polar surface area (TPSA) is 70.2 Å². The first-order chi connectivity index (χ1) is 8.91. The molecule has 0 aliphatic rings. The summed E-state index contributed by atoms with van der Waals surface area (Å²) in [5, 5.41) is 8.75. The van der Waals surface area contributed by atoms with Crippen LogP contribution in [-0.2, 0) is 0 Å². The average Bonchev–Trinajstić information content (AvgIpc) is 2.84. The lowest BCUT2D eigenvalue weighted by Crippen LogP contribution is -2.06. The lowest BCUT2D eigenvalue weighted by molar-refractivity contribution is 0.0691. The van der Waals surface area contributed by atoms with Gasteiger partial charge in [0.25, 0.3) is 0 Å². The molecule has 0 aliphatic carbocycles. The highest BCUT2D eigenvalue weighted by Crippen LogP contribution is 2.25. The Bertz CT molecular complexity index is 679. The number of H-pyrrole nitrogens is 1. The summed E-state index contributed by atoms with van der Waals surface area (Å²) < 4.78 is 13.9. The van der Waals surface area contributed by atoms with Gasteiger partial charge in [-0.2, -0.15) is 0 Å². The van der Waals surface area contributed by atoms with Crippen LogP contribution in [0.5, 0.6) is 0 Å². The molecule has 1 heterocycles. The highest BCUT2D eigenvalue weighted by atomic mass is 35.5. The maximum absolute atomic E-state index is 13.9. The zero-order chi connectivity index (χ0) is 14.2. The van der Waals surface area contributed by atoms with Crippen molar-refractivity contribution < 1.29 is 19.1 Å².